The Morgan fingerprint density at radius 3 is 2.00 bits per heavy atom. The molecule has 0 atom stereocenters. The highest BCUT2D eigenvalue weighted by molar-refractivity contribution is 7.89. The van der Waals surface area contributed by atoms with E-state index in [0.717, 1.165) is 0 Å². The van der Waals surface area contributed by atoms with Crippen LogP contribution in [0, 0.1) is 23.3 Å². The number of benzene rings is 2. The third kappa shape index (κ3) is 4.12. The molecule has 1 amide bonds. The van der Waals surface area contributed by atoms with Gasteiger partial charge < -0.3 is 5.32 Å². The van der Waals surface area contributed by atoms with Gasteiger partial charge in [0.1, 0.15) is 11.4 Å². The standard InChI is InChI=1S/C17H11F7N2O3S/c18-11-2-1-9(30(28,29)26-16(3-4-16)17(22,23)24)7-10(11)15(27)25-8-5-12(19)14(21)13(20)6-8/h1-2,5-7,26H,3-4H2,(H,25,27). The number of carbonyl (C=O) groups excluding carboxylic acids is 1. The summed E-state index contributed by atoms with van der Waals surface area (Å²) in [7, 11) is -4.79. The van der Waals surface area contributed by atoms with Gasteiger partial charge in [-0.2, -0.15) is 17.9 Å². The molecular formula is C17H11F7N2O3S. The molecule has 0 aliphatic heterocycles. The molecule has 1 saturated carbocycles. The molecule has 1 aliphatic carbocycles. The van der Waals surface area contributed by atoms with E-state index in [9.17, 15) is 43.9 Å². The number of carbonyl (C=O) groups is 1. The first-order valence-electron chi connectivity index (χ1n) is 8.12. The van der Waals surface area contributed by atoms with Gasteiger partial charge >= 0.3 is 6.18 Å². The number of alkyl halides is 3. The fraction of sp³-hybridized carbons (Fsp3) is 0.235. The molecule has 0 saturated heterocycles. The summed E-state index contributed by atoms with van der Waals surface area (Å²) in [6.07, 6.45) is -5.81. The molecule has 0 aromatic heterocycles. The third-order valence-corrected chi connectivity index (χ3v) is 5.89. The number of amides is 1. The van der Waals surface area contributed by atoms with Gasteiger partial charge in [-0.3, -0.25) is 4.79 Å². The maximum absolute atomic E-state index is 14.0. The molecule has 162 valence electrons. The lowest BCUT2D eigenvalue weighted by atomic mass is 10.2. The zero-order valence-corrected chi connectivity index (χ0v) is 15.4. The molecule has 2 aromatic rings. The van der Waals surface area contributed by atoms with Gasteiger partial charge in [-0.05, 0) is 31.0 Å². The zero-order chi connectivity index (χ0) is 22.5. The minimum absolute atomic E-state index is 0.399. The number of rotatable bonds is 5. The van der Waals surface area contributed by atoms with E-state index in [1.54, 1.807) is 0 Å². The van der Waals surface area contributed by atoms with E-state index in [0.29, 0.717) is 30.3 Å². The summed E-state index contributed by atoms with van der Waals surface area (Å²) in [6, 6.07) is 2.45. The molecule has 1 aliphatic rings. The molecular weight excluding hydrogens is 445 g/mol. The molecule has 30 heavy (non-hydrogen) atoms. The Balaban J connectivity index is 1.89. The largest absolute Gasteiger partial charge is 0.407 e. The molecule has 0 bridgehead atoms. The van der Waals surface area contributed by atoms with Gasteiger partial charge in [-0.1, -0.05) is 0 Å². The maximum Gasteiger partial charge on any atom is 0.407 e. The van der Waals surface area contributed by atoms with E-state index < -0.39 is 79.9 Å². The van der Waals surface area contributed by atoms with E-state index in [2.05, 4.69) is 0 Å². The van der Waals surface area contributed by atoms with Crippen LogP contribution in [0.2, 0.25) is 0 Å². The molecule has 13 heteroatoms. The van der Waals surface area contributed by atoms with Gasteiger partial charge in [0, 0.05) is 17.8 Å². The van der Waals surface area contributed by atoms with Gasteiger partial charge in [-0.25, -0.2) is 26.0 Å². The average molecular weight is 456 g/mol. The first-order chi connectivity index (χ1) is 13.8. The highest BCUT2D eigenvalue weighted by Gasteiger charge is 2.65. The van der Waals surface area contributed by atoms with Crippen LogP contribution in [0.4, 0.5) is 36.4 Å². The lowest BCUT2D eigenvalue weighted by Crippen LogP contribution is -2.47. The summed E-state index contributed by atoms with van der Waals surface area (Å²) in [5, 5.41) is 1.85. The van der Waals surface area contributed by atoms with Crippen molar-refractivity contribution < 1.29 is 43.9 Å². The Kier molecular flexibility index (Phi) is 5.31. The van der Waals surface area contributed by atoms with Crippen molar-refractivity contribution in [1.29, 1.82) is 0 Å². The first-order valence-corrected chi connectivity index (χ1v) is 9.60. The van der Waals surface area contributed by atoms with Gasteiger partial charge in [-0.15, -0.1) is 0 Å². The molecule has 5 nitrogen and oxygen atoms in total. The van der Waals surface area contributed by atoms with Gasteiger partial charge in [0.05, 0.1) is 10.5 Å². The number of halogens is 7. The average Bonchev–Trinajstić information content (AvgIpc) is 3.39. The van der Waals surface area contributed by atoms with Crippen LogP contribution in [0.15, 0.2) is 35.2 Å². The fourth-order valence-corrected chi connectivity index (χ4v) is 4.03. The number of hydrogen-bond donors (Lipinski definition) is 2. The topological polar surface area (TPSA) is 75.3 Å². The van der Waals surface area contributed by atoms with Crippen molar-refractivity contribution in [1.82, 2.24) is 4.72 Å². The smallest absolute Gasteiger partial charge is 0.322 e. The molecule has 2 N–H and O–H groups in total. The monoisotopic (exact) mass is 456 g/mol. The molecule has 1 fully saturated rings. The Labute approximate surface area is 164 Å². The highest BCUT2D eigenvalue weighted by atomic mass is 32.2. The SMILES string of the molecule is O=C(Nc1cc(F)c(F)c(F)c1)c1cc(S(=O)(=O)NC2(C(F)(F)F)CC2)ccc1F. The van der Waals surface area contributed by atoms with E-state index in [-0.39, 0.29) is 0 Å². The summed E-state index contributed by atoms with van der Waals surface area (Å²) >= 11 is 0. The molecule has 0 heterocycles. The summed E-state index contributed by atoms with van der Waals surface area (Å²) in [5.74, 6) is -7.73. The van der Waals surface area contributed by atoms with Crippen molar-refractivity contribution in [2.45, 2.75) is 29.5 Å². The lowest BCUT2D eigenvalue weighted by Gasteiger charge is -2.20. The lowest BCUT2D eigenvalue weighted by molar-refractivity contribution is -0.160. The molecule has 0 spiro atoms. The molecule has 0 unspecified atom stereocenters. The van der Waals surface area contributed by atoms with Crippen LogP contribution in [-0.4, -0.2) is 26.0 Å². The van der Waals surface area contributed by atoms with Gasteiger partial charge in [0.15, 0.2) is 17.5 Å². The number of hydrogen-bond acceptors (Lipinski definition) is 3. The van der Waals surface area contributed by atoms with Crippen LogP contribution < -0.4 is 10.0 Å². The Morgan fingerprint density at radius 2 is 1.50 bits per heavy atom. The molecule has 2 aromatic carbocycles. The summed E-state index contributed by atoms with van der Waals surface area (Å²) in [5.41, 5.74) is -4.16. The van der Waals surface area contributed by atoms with E-state index in [1.165, 1.54) is 4.72 Å². The minimum atomic E-state index is -4.85. The minimum Gasteiger partial charge on any atom is -0.322 e. The van der Waals surface area contributed by atoms with Crippen molar-refractivity contribution in [3.63, 3.8) is 0 Å². The summed E-state index contributed by atoms with van der Waals surface area (Å²) < 4.78 is 119. The predicted octanol–water partition coefficient (Wildman–Crippen LogP) is 3.87. The van der Waals surface area contributed by atoms with Crippen LogP contribution in [0.1, 0.15) is 23.2 Å². The number of nitrogens with one attached hydrogen (secondary N) is 2. The van der Waals surface area contributed by atoms with Crippen molar-refractivity contribution >= 4 is 21.6 Å². The summed E-state index contributed by atoms with van der Waals surface area (Å²) in [6.45, 7) is 0. The van der Waals surface area contributed by atoms with Crippen LogP contribution >= 0.6 is 0 Å². The number of anilines is 1. The van der Waals surface area contributed by atoms with E-state index in [1.807, 2.05) is 5.32 Å². The van der Waals surface area contributed by atoms with Crippen molar-refractivity contribution in [3.8, 4) is 0 Å². The van der Waals surface area contributed by atoms with Crippen molar-refractivity contribution in [2.24, 2.45) is 0 Å². The predicted molar refractivity (Wildman–Crippen MR) is 89.0 cm³/mol. The normalized spacial score (nSPS) is 15.7. The molecule has 0 radical (unpaired) electrons. The third-order valence-electron chi connectivity index (χ3n) is 4.36. The highest BCUT2D eigenvalue weighted by Crippen LogP contribution is 2.49. The summed E-state index contributed by atoms with van der Waals surface area (Å²) in [4.78, 5) is 11.4. The van der Waals surface area contributed by atoms with Crippen molar-refractivity contribution in [2.75, 3.05) is 5.32 Å². The van der Waals surface area contributed by atoms with Crippen LogP contribution in [0.5, 0.6) is 0 Å². The quantitative estimate of drug-likeness (QED) is 0.530. The Hall–Kier alpha value is -2.67. The van der Waals surface area contributed by atoms with Gasteiger partial charge in [0.25, 0.3) is 5.91 Å². The second kappa shape index (κ2) is 7.23. The first kappa shape index (κ1) is 22.0. The van der Waals surface area contributed by atoms with Crippen LogP contribution in [-0.2, 0) is 10.0 Å². The second-order valence-corrected chi connectivity index (χ2v) is 8.22. The van der Waals surface area contributed by atoms with Crippen LogP contribution in [0.3, 0.4) is 0 Å². The second-order valence-electron chi connectivity index (χ2n) is 6.54. The van der Waals surface area contributed by atoms with Gasteiger partial charge in [0.2, 0.25) is 10.0 Å². The Morgan fingerprint density at radius 1 is 0.933 bits per heavy atom. The fourth-order valence-electron chi connectivity index (χ4n) is 2.56. The molecule has 3 rings (SSSR count). The Bertz CT molecular complexity index is 1110. The van der Waals surface area contributed by atoms with E-state index >= 15 is 0 Å². The zero-order valence-electron chi connectivity index (χ0n) is 14.6. The van der Waals surface area contributed by atoms with E-state index in [4.69, 9.17) is 0 Å². The maximum atomic E-state index is 14.0. The number of sulfonamides is 1. The van der Waals surface area contributed by atoms with Crippen LogP contribution in [0.25, 0.3) is 0 Å². The van der Waals surface area contributed by atoms with Crippen molar-refractivity contribution in [3.05, 3.63) is 59.2 Å².